The minimum absolute atomic E-state index is 0.150. The van der Waals surface area contributed by atoms with Gasteiger partial charge in [-0.25, -0.2) is 9.59 Å². The monoisotopic (exact) mass is 535 g/mol. The van der Waals surface area contributed by atoms with Crippen molar-refractivity contribution in [2.24, 2.45) is 0 Å². The molecule has 0 aliphatic carbocycles. The molecule has 2 aromatic carbocycles. The fraction of sp³-hybridized carbons (Fsp3) is 0.185. The number of ether oxygens (including phenoxy) is 4. The Kier molecular flexibility index (Phi) is 6.84. The smallest absolute Gasteiger partial charge is 0.374 e. The van der Waals surface area contributed by atoms with Crippen LogP contribution in [0.4, 0.5) is 5.00 Å². The Labute approximate surface area is 219 Å². The quantitative estimate of drug-likeness (QED) is 0.348. The van der Waals surface area contributed by atoms with Crippen LogP contribution in [0, 0.1) is 6.92 Å². The molecule has 2 aromatic heterocycles. The molecular formula is C27H21NO9S. The first-order valence-corrected chi connectivity index (χ1v) is 12.2. The lowest BCUT2D eigenvalue weighted by molar-refractivity contribution is -0.119. The summed E-state index contributed by atoms with van der Waals surface area (Å²) in [6.07, 6.45) is 0.384. The number of hydrogen-bond acceptors (Lipinski definition) is 10. The fourth-order valence-corrected chi connectivity index (χ4v) is 5.10. The highest BCUT2D eigenvalue weighted by molar-refractivity contribution is 7.16. The molecule has 0 saturated carbocycles. The number of hydrogen-bond donors (Lipinski definition) is 1. The molecule has 0 spiro atoms. The fourth-order valence-electron chi connectivity index (χ4n) is 4.02. The van der Waals surface area contributed by atoms with Gasteiger partial charge in [0.25, 0.3) is 5.91 Å². The molecule has 0 saturated heterocycles. The number of rotatable bonds is 7. The van der Waals surface area contributed by atoms with Gasteiger partial charge < -0.3 is 28.7 Å². The molecule has 0 fully saturated rings. The second-order valence-corrected chi connectivity index (χ2v) is 9.52. The Bertz CT molecular complexity index is 1640. The first-order valence-electron chi connectivity index (χ1n) is 11.4. The van der Waals surface area contributed by atoms with Crippen molar-refractivity contribution in [2.75, 3.05) is 25.8 Å². The first kappa shape index (κ1) is 25.0. The number of esters is 2. The number of carbonyl (C=O) groups excluding carboxylic acids is 3. The number of aryl methyl sites for hydroxylation is 1. The van der Waals surface area contributed by atoms with E-state index < -0.39 is 29.9 Å². The van der Waals surface area contributed by atoms with Crippen LogP contribution in [0.5, 0.6) is 11.5 Å². The Morgan fingerprint density at radius 2 is 1.82 bits per heavy atom. The zero-order valence-electron chi connectivity index (χ0n) is 20.3. The maximum Gasteiger partial charge on any atom is 0.374 e. The molecule has 11 heteroatoms. The van der Waals surface area contributed by atoms with E-state index in [0.29, 0.717) is 28.9 Å². The van der Waals surface area contributed by atoms with E-state index in [9.17, 15) is 19.2 Å². The summed E-state index contributed by atoms with van der Waals surface area (Å²) in [7, 11) is 1.25. The normalized spacial score (nSPS) is 11.8. The zero-order valence-corrected chi connectivity index (χ0v) is 21.1. The van der Waals surface area contributed by atoms with E-state index in [-0.39, 0.29) is 28.7 Å². The summed E-state index contributed by atoms with van der Waals surface area (Å²) in [5, 5.41) is 3.21. The Balaban J connectivity index is 1.31. The molecule has 1 N–H and O–H groups in total. The molecule has 0 atom stereocenters. The SMILES string of the molecule is COC(=O)c1c(NC(=O)COC(=O)c2cc(=O)c3ccccc3o2)sc(C)c1Cc1ccc2c(c1)OCO2. The number of methoxy groups -OCH3 is 1. The van der Waals surface area contributed by atoms with Crippen LogP contribution < -0.4 is 20.2 Å². The summed E-state index contributed by atoms with van der Waals surface area (Å²) < 4.78 is 26.2. The predicted molar refractivity (Wildman–Crippen MR) is 137 cm³/mol. The molecule has 0 unspecified atom stereocenters. The third kappa shape index (κ3) is 4.96. The Morgan fingerprint density at radius 3 is 2.63 bits per heavy atom. The van der Waals surface area contributed by atoms with E-state index in [1.807, 2.05) is 19.1 Å². The molecule has 3 heterocycles. The van der Waals surface area contributed by atoms with E-state index in [0.717, 1.165) is 16.5 Å². The van der Waals surface area contributed by atoms with Gasteiger partial charge in [0.1, 0.15) is 10.6 Å². The van der Waals surface area contributed by atoms with Gasteiger partial charge in [0.15, 0.2) is 23.5 Å². The van der Waals surface area contributed by atoms with Crippen LogP contribution in [0.1, 0.15) is 36.9 Å². The van der Waals surface area contributed by atoms with Gasteiger partial charge in [-0.2, -0.15) is 0 Å². The van der Waals surface area contributed by atoms with Gasteiger partial charge in [-0.1, -0.05) is 18.2 Å². The molecular weight excluding hydrogens is 514 g/mol. The van der Waals surface area contributed by atoms with Crippen LogP contribution in [-0.4, -0.2) is 38.4 Å². The standard InChI is InChI=1S/C27H21NO9S/c1-14-17(9-15-7-8-20-21(10-15)36-13-35-20)24(27(32)33-2)25(38-14)28-23(30)12-34-26(31)22-11-18(29)16-5-3-4-6-19(16)37-22/h3-8,10-11H,9,12-13H2,1-2H3,(H,28,30). The lowest BCUT2D eigenvalue weighted by Crippen LogP contribution is -2.22. The third-order valence-electron chi connectivity index (χ3n) is 5.84. The number of fused-ring (bicyclic) bond motifs is 2. The van der Waals surface area contributed by atoms with Crippen molar-refractivity contribution in [3.05, 3.63) is 86.1 Å². The lowest BCUT2D eigenvalue weighted by atomic mass is 10.0. The predicted octanol–water partition coefficient (Wildman–Crippen LogP) is 4.06. The molecule has 0 bridgehead atoms. The molecule has 1 amide bonds. The average molecular weight is 536 g/mol. The van der Waals surface area contributed by atoms with E-state index in [1.54, 1.807) is 30.3 Å². The van der Waals surface area contributed by atoms with Crippen LogP contribution in [0.25, 0.3) is 11.0 Å². The molecule has 194 valence electrons. The first-order chi connectivity index (χ1) is 18.3. The Hall–Kier alpha value is -4.64. The van der Waals surface area contributed by atoms with Gasteiger partial charge in [0.2, 0.25) is 12.6 Å². The summed E-state index contributed by atoms with van der Waals surface area (Å²) in [6.45, 7) is 1.32. The van der Waals surface area contributed by atoms with Gasteiger partial charge in [-0.05, 0) is 48.7 Å². The van der Waals surface area contributed by atoms with E-state index >= 15 is 0 Å². The van der Waals surface area contributed by atoms with Crippen molar-refractivity contribution in [2.45, 2.75) is 13.3 Å². The number of amides is 1. The highest BCUT2D eigenvalue weighted by Gasteiger charge is 2.25. The topological polar surface area (TPSA) is 130 Å². The highest BCUT2D eigenvalue weighted by atomic mass is 32.1. The molecule has 5 rings (SSSR count). The number of carbonyl (C=O) groups is 3. The van der Waals surface area contributed by atoms with E-state index in [1.165, 1.54) is 18.4 Å². The number of nitrogens with one attached hydrogen (secondary N) is 1. The highest BCUT2D eigenvalue weighted by Crippen LogP contribution is 2.37. The van der Waals surface area contributed by atoms with Gasteiger partial charge >= 0.3 is 11.9 Å². The molecule has 38 heavy (non-hydrogen) atoms. The zero-order chi connectivity index (χ0) is 26.8. The number of thiophene rings is 1. The van der Waals surface area contributed by atoms with Crippen LogP contribution in [-0.2, 0) is 20.7 Å². The minimum Gasteiger partial charge on any atom is -0.465 e. The summed E-state index contributed by atoms with van der Waals surface area (Å²) >= 11 is 1.20. The van der Waals surface area contributed by atoms with Gasteiger partial charge in [-0.3, -0.25) is 9.59 Å². The summed E-state index contributed by atoms with van der Waals surface area (Å²) in [5.74, 6) is -1.32. The number of anilines is 1. The van der Waals surface area contributed by atoms with Crippen LogP contribution in [0.3, 0.4) is 0 Å². The second kappa shape index (κ2) is 10.4. The molecule has 10 nitrogen and oxygen atoms in total. The summed E-state index contributed by atoms with van der Waals surface area (Å²) in [6, 6.07) is 13.0. The van der Waals surface area contributed by atoms with Crippen molar-refractivity contribution in [1.82, 2.24) is 0 Å². The van der Waals surface area contributed by atoms with Crippen LogP contribution in [0.15, 0.2) is 57.7 Å². The number of benzene rings is 2. The largest absolute Gasteiger partial charge is 0.465 e. The van der Waals surface area contributed by atoms with Crippen LogP contribution >= 0.6 is 11.3 Å². The van der Waals surface area contributed by atoms with E-state index in [2.05, 4.69) is 5.32 Å². The van der Waals surface area contributed by atoms with Crippen molar-refractivity contribution in [1.29, 1.82) is 0 Å². The van der Waals surface area contributed by atoms with Crippen LogP contribution in [0.2, 0.25) is 0 Å². The van der Waals surface area contributed by atoms with Gasteiger partial charge in [0, 0.05) is 10.9 Å². The maximum absolute atomic E-state index is 12.7. The lowest BCUT2D eigenvalue weighted by Gasteiger charge is -2.09. The Morgan fingerprint density at radius 1 is 1.03 bits per heavy atom. The molecule has 4 aromatic rings. The van der Waals surface area contributed by atoms with Crippen molar-refractivity contribution >= 4 is 45.2 Å². The molecule has 0 radical (unpaired) electrons. The van der Waals surface area contributed by atoms with Gasteiger partial charge in [0.05, 0.1) is 18.1 Å². The molecule has 1 aliphatic rings. The summed E-state index contributed by atoms with van der Waals surface area (Å²) in [5.41, 5.74) is 1.60. The van der Waals surface area contributed by atoms with Crippen molar-refractivity contribution < 1.29 is 37.7 Å². The van der Waals surface area contributed by atoms with Crippen molar-refractivity contribution in [3.63, 3.8) is 0 Å². The average Bonchev–Trinajstić information content (AvgIpc) is 3.50. The minimum atomic E-state index is -0.970. The maximum atomic E-state index is 12.7. The molecule has 1 aliphatic heterocycles. The number of para-hydroxylation sites is 1. The second-order valence-electron chi connectivity index (χ2n) is 8.29. The van der Waals surface area contributed by atoms with Crippen molar-refractivity contribution in [3.8, 4) is 11.5 Å². The third-order valence-corrected chi connectivity index (χ3v) is 6.90. The summed E-state index contributed by atoms with van der Waals surface area (Å²) in [4.78, 5) is 50.8. The van der Waals surface area contributed by atoms with Gasteiger partial charge in [-0.15, -0.1) is 11.3 Å². The van der Waals surface area contributed by atoms with E-state index in [4.69, 9.17) is 23.4 Å².